The molecular formula is C17H24N2OS. The summed E-state index contributed by atoms with van der Waals surface area (Å²) in [7, 11) is 0. The summed E-state index contributed by atoms with van der Waals surface area (Å²) in [6, 6.07) is 8.71. The Kier molecular flexibility index (Phi) is 4.60. The van der Waals surface area contributed by atoms with Gasteiger partial charge in [0.2, 0.25) is 0 Å². The van der Waals surface area contributed by atoms with E-state index < -0.39 is 0 Å². The van der Waals surface area contributed by atoms with Crippen LogP contribution in [0.2, 0.25) is 0 Å². The summed E-state index contributed by atoms with van der Waals surface area (Å²) in [6.45, 7) is 2.81. The number of nitrogens with two attached hydrogens (primary N) is 1. The lowest BCUT2D eigenvalue weighted by Crippen LogP contribution is -2.49. The van der Waals surface area contributed by atoms with E-state index in [-0.39, 0.29) is 11.6 Å². The van der Waals surface area contributed by atoms with Crippen LogP contribution in [0.4, 0.5) is 0 Å². The molecule has 1 aliphatic rings. The zero-order chi connectivity index (χ0) is 14.7. The van der Waals surface area contributed by atoms with Crippen molar-refractivity contribution in [2.24, 2.45) is 5.84 Å². The van der Waals surface area contributed by atoms with Crippen LogP contribution in [0.3, 0.4) is 0 Å². The van der Waals surface area contributed by atoms with Gasteiger partial charge < -0.3 is 4.74 Å². The number of fused-ring (bicyclic) bond motifs is 1. The smallest absolute Gasteiger partial charge is 0.0889 e. The van der Waals surface area contributed by atoms with Gasteiger partial charge in [0, 0.05) is 11.3 Å². The Hall–Kier alpha value is -0.940. The number of ether oxygens (including phenoxy) is 1. The molecule has 0 bridgehead atoms. The van der Waals surface area contributed by atoms with E-state index in [1.807, 2.05) is 0 Å². The van der Waals surface area contributed by atoms with Crippen LogP contribution in [0.25, 0.3) is 10.1 Å². The predicted octanol–water partition coefficient (Wildman–Crippen LogP) is 4.15. The summed E-state index contributed by atoms with van der Waals surface area (Å²) in [5.41, 5.74) is 4.19. The molecule has 0 radical (unpaired) electrons. The molecule has 2 aromatic rings. The minimum atomic E-state index is -0.167. The van der Waals surface area contributed by atoms with Gasteiger partial charge in [-0.2, -0.15) is 0 Å². The first-order chi connectivity index (χ1) is 10.3. The number of benzene rings is 1. The Morgan fingerprint density at radius 3 is 2.81 bits per heavy atom. The standard InChI is InChI=1S/C17H24N2OS/c1-2-20-17(10-4-3-5-11-17)16(19-18)14-8-6-7-13-9-12-21-15(13)14/h6-9,12,16,19H,2-5,10-11,18H2,1H3. The van der Waals surface area contributed by atoms with E-state index in [1.54, 1.807) is 11.3 Å². The number of hydrogen-bond acceptors (Lipinski definition) is 4. The Morgan fingerprint density at radius 1 is 1.29 bits per heavy atom. The van der Waals surface area contributed by atoms with Gasteiger partial charge in [0.05, 0.1) is 11.6 Å². The van der Waals surface area contributed by atoms with Gasteiger partial charge in [0.15, 0.2) is 0 Å². The predicted molar refractivity (Wildman–Crippen MR) is 89.3 cm³/mol. The maximum Gasteiger partial charge on any atom is 0.0889 e. The van der Waals surface area contributed by atoms with Crippen molar-refractivity contribution in [3.63, 3.8) is 0 Å². The Bertz CT molecular complexity index is 584. The molecule has 114 valence electrons. The molecule has 1 heterocycles. The fourth-order valence-electron chi connectivity index (χ4n) is 3.72. The topological polar surface area (TPSA) is 47.3 Å². The molecule has 1 aromatic carbocycles. The quantitative estimate of drug-likeness (QED) is 0.644. The highest BCUT2D eigenvalue weighted by Crippen LogP contribution is 2.43. The molecular weight excluding hydrogens is 280 g/mol. The third-order valence-corrected chi connectivity index (χ3v) is 5.62. The van der Waals surface area contributed by atoms with Crippen molar-refractivity contribution in [3.05, 3.63) is 35.2 Å². The van der Waals surface area contributed by atoms with Crippen LogP contribution < -0.4 is 11.3 Å². The monoisotopic (exact) mass is 304 g/mol. The highest BCUT2D eigenvalue weighted by Gasteiger charge is 2.41. The van der Waals surface area contributed by atoms with E-state index in [0.717, 1.165) is 19.4 Å². The molecule has 1 aliphatic carbocycles. The van der Waals surface area contributed by atoms with Crippen molar-refractivity contribution in [1.82, 2.24) is 5.43 Å². The molecule has 0 spiro atoms. The maximum atomic E-state index is 6.27. The molecule has 0 amide bonds. The highest BCUT2D eigenvalue weighted by molar-refractivity contribution is 7.17. The van der Waals surface area contributed by atoms with Crippen molar-refractivity contribution in [2.75, 3.05) is 6.61 Å². The fourth-order valence-corrected chi connectivity index (χ4v) is 4.67. The highest BCUT2D eigenvalue weighted by atomic mass is 32.1. The van der Waals surface area contributed by atoms with Gasteiger partial charge >= 0.3 is 0 Å². The minimum absolute atomic E-state index is 0.0556. The van der Waals surface area contributed by atoms with Crippen LogP contribution in [0.1, 0.15) is 50.6 Å². The van der Waals surface area contributed by atoms with Crippen LogP contribution >= 0.6 is 11.3 Å². The minimum Gasteiger partial charge on any atom is -0.373 e. The third-order valence-electron chi connectivity index (χ3n) is 4.64. The Balaban J connectivity index is 2.04. The van der Waals surface area contributed by atoms with Crippen molar-refractivity contribution in [1.29, 1.82) is 0 Å². The molecule has 21 heavy (non-hydrogen) atoms. The normalized spacial score (nSPS) is 19.7. The first-order valence-corrected chi connectivity index (χ1v) is 8.75. The second-order valence-electron chi connectivity index (χ2n) is 5.84. The molecule has 4 heteroatoms. The van der Waals surface area contributed by atoms with Gasteiger partial charge in [0.25, 0.3) is 0 Å². The Morgan fingerprint density at radius 2 is 2.10 bits per heavy atom. The zero-order valence-electron chi connectivity index (χ0n) is 12.6. The lowest BCUT2D eigenvalue weighted by molar-refractivity contribution is -0.0910. The van der Waals surface area contributed by atoms with Gasteiger partial charge in [-0.15, -0.1) is 11.3 Å². The molecule has 1 atom stereocenters. The Labute approximate surface area is 130 Å². The summed E-state index contributed by atoms with van der Waals surface area (Å²) < 4.78 is 7.59. The van der Waals surface area contributed by atoms with E-state index >= 15 is 0 Å². The van der Waals surface area contributed by atoms with Gasteiger partial charge in [-0.3, -0.25) is 11.3 Å². The van der Waals surface area contributed by atoms with Crippen molar-refractivity contribution < 1.29 is 4.74 Å². The van der Waals surface area contributed by atoms with Crippen LogP contribution in [0.5, 0.6) is 0 Å². The maximum absolute atomic E-state index is 6.27. The largest absolute Gasteiger partial charge is 0.373 e. The first-order valence-electron chi connectivity index (χ1n) is 7.87. The van der Waals surface area contributed by atoms with E-state index in [2.05, 4.69) is 42.0 Å². The molecule has 0 saturated heterocycles. The van der Waals surface area contributed by atoms with E-state index in [9.17, 15) is 0 Å². The summed E-state index contributed by atoms with van der Waals surface area (Å²) >= 11 is 1.79. The number of thiophene rings is 1. The molecule has 1 aromatic heterocycles. The van der Waals surface area contributed by atoms with Gasteiger partial charge in [-0.1, -0.05) is 37.5 Å². The molecule has 0 aliphatic heterocycles. The van der Waals surface area contributed by atoms with E-state index in [4.69, 9.17) is 10.6 Å². The lowest BCUT2D eigenvalue weighted by Gasteiger charge is -2.43. The van der Waals surface area contributed by atoms with Gasteiger partial charge in [-0.05, 0) is 42.2 Å². The number of hydrogen-bond donors (Lipinski definition) is 2. The van der Waals surface area contributed by atoms with Gasteiger partial charge in [0.1, 0.15) is 0 Å². The lowest BCUT2D eigenvalue weighted by atomic mass is 9.76. The number of hydrazine groups is 1. The van der Waals surface area contributed by atoms with Crippen LogP contribution in [-0.2, 0) is 4.74 Å². The SMILES string of the molecule is CCOC1(C(NN)c2cccc3ccsc23)CCCCC1. The molecule has 1 unspecified atom stereocenters. The molecule has 3 rings (SSSR count). The third kappa shape index (κ3) is 2.73. The van der Waals surface area contributed by atoms with E-state index in [0.29, 0.717) is 0 Å². The molecule has 3 N–H and O–H groups in total. The van der Waals surface area contributed by atoms with Gasteiger partial charge in [-0.25, -0.2) is 0 Å². The van der Waals surface area contributed by atoms with Crippen molar-refractivity contribution >= 4 is 21.4 Å². The number of nitrogens with one attached hydrogen (secondary N) is 1. The summed E-state index contributed by atoms with van der Waals surface area (Å²) in [6.07, 6.45) is 5.90. The molecule has 1 saturated carbocycles. The average Bonchev–Trinajstić information content (AvgIpc) is 2.98. The zero-order valence-corrected chi connectivity index (χ0v) is 13.4. The van der Waals surface area contributed by atoms with E-state index in [1.165, 1.54) is 34.9 Å². The van der Waals surface area contributed by atoms with Crippen molar-refractivity contribution in [2.45, 2.75) is 50.7 Å². The molecule has 1 fully saturated rings. The van der Waals surface area contributed by atoms with Crippen molar-refractivity contribution in [3.8, 4) is 0 Å². The second-order valence-corrected chi connectivity index (χ2v) is 6.76. The van der Waals surface area contributed by atoms with Crippen LogP contribution in [0, 0.1) is 0 Å². The summed E-state index contributed by atoms with van der Waals surface area (Å²) in [4.78, 5) is 0. The summed E-state index contributed by atoms with van der Waals surface area (Å²) in [5, 5.41) is 3.44. The molecule has 3 nitrogen and oxygen atoms in total. The van der Waals surface area contributed by atoms with Crippen LogP contribution in [0.15, 0.2) is 29.6 Å². The number of rotatable bonds is 5. The average molecular weight is 304 g/mol. The fraction of sp³-hybridized carbons (Fsp3) is 0.529. The van der Waals surface area contributed by atoms with Crippen LogP contribution in [-0.4, -0.2) is 12.2 Å². The summed E-state index contributed by atoms with van der Waals surface area (Å²) in [5.74, 6) is 5.99. The first kappa shape index (κ1) is 15.0. The second kappa shape index (κ2) is 6.44.